The minimum atomic E-state index is -4.50. The van der Waals surface area contributed by atoms with E-state index in [2.05, 4.69) is 4.74 Å². The van der Waals surface area contributed by atoms with Gasteiger partial charge in [0.15, 0.2) is 5.78 Å². The maximum absolute atomic E-state index is 12.5. The Morgan fingerprint density at radius 1 is 1.50 bits per heavy atom. The molecule has 1 aromatic carbocycles. The van der Waals surface area contributed by atoms with Gasteiger partial charge in [0.05, 0.1) is 11.6 Å². The van der Waals surface area contributed by atoms with Crippen LogP contribution in [-0.4, -0.2) is 19.5 Å². The van der Waals surface area contributed by atoms with Gasteiger partial charge >= 0.3 is 6.18 Å². The molecule has 0 aliphatic carbocycles. The summed E-state index contributed by atoms with van der Waals surface area (Å²) < 4.78 is 42.1. The predicted molar refractivity (Wildman–Crippen MR) is 56.7 cm³/mol. The van der Waals surface area contributed by atoms with Crippen LogP contribution >= 0.6 is 0 Å². The van der Waals surface area contributed by atoms with Crippen LogP contribution in [0.3, 0.4) is 0 Å². The molecule has 0 amide bonds. The molecule has 18 heavy (non-hydrogen) atoms. The summed E-state index contributed by atoms with van der Waals surface area (Å²) in [5.74, 6) is -1.81. The number of carbonyl (C=O) groups is 1. The second-order valence-corrected chi connectivity index (χ2v) is 3.58. The van der Waals surface area contributed by atoms with E-state index >= 15 is 0 Å². The van der Waals surface area contributed by atoms with Crippen LogP contribution in [0.5, 0.6) is 0 Å². The number of halogens is 3. The average Bonchev–Trinajstić information content (AvgIpc) is 2.29. The summed E-state index contributed by atoms with van der Waals surface area (Å²) in [6.07, 6.45) is -4.50. The number of hydrogen-bond donors (Lipinski definition) is 0. The lowest BCUT2D eigenvalue weighted by molar-refractivity contribution is -0.137. The summed E-state index contributed by atoms with van der Waals surface area (Å²) >= 11 is 0. The third-order valence-corrected chi connectivity index (χ3v) is 2.28. The van der Waals surface area contributed by atoms with Gasteiger partial charge in [0.25, 0.3) is 0 Å². The Morgan fingerprint density at radius 3 is 2.67 bits per heavy atom. The van der Waals surface area contributed by atoms with Crippen molar-refractivity contribution < 1.29 is 22.7 Å². The molecule has 0 aromatic heterocycles. The van der Waals surface area contributed by atoms with E-state index < -0.39 is 23.4 Å². The fourth-order valence-corrected chi connectivity index (χ4v) is 1.45. The Labute approximate surface area is 102 Å². The topological polar surface area (TPSA) is 50.1 Å². The van der Waals surface area contributed by atoms with Crippen LogP contribution in [0.1, 0.15) is 17.0 Å². The van der Waals surface area contributed by atoms with Gasteiger partial charge in [0, 0.05) is 7.11 Å². The van der Waals surface area contributed by atoms with Gasteiger partial charge in [-0.3, -0.25) is 4.79 Å². The van der Waals surface area contributed by atoms with Crippen LogP contribution in [0, 0.1) is 11.3 Å². The van der Waals surface area contributed by atoms with Crippen molar-refractivity contribution >= 4 is 5.78 Å². The normalized spacial score (nSPS) is 12.8. The molecule has 0 saturated heterocycles. The number of methoxy groups -OCH3 is 1. The van der Waals surface area contributed by atoms with Gasteiger partial charge in [-0.1, -0.05) is 18.2 Å². The largest absolute Gasteiger partial charge is 0.416 e. The number of carbonyl (C=O) groups excluding carboxylic acids is 1. The van der Waals surface area contributed by atoms with Crippen molar-refractivity contribution in [2.75, 3.05) is 13.7 Å². The summed E-state index contributed by atoms with van der Waals surface area (Å²) in [4.78, 5) is 11.5. The van der Waals surface area contributed by atoms with Gasteiger partial charge in [0.2, 0.25) is 0 Å². The lowest BCUT2D eigenvalue weighted by Crippen LogP contribution is -2.17. The number of ketones is 1. The summed E-state index contributed by atoms with van der Waals surface area (Å²) in [6, 6.07) is 5.86. The highest BCUT2D eigenvalue weighted by Crippen LogP contribution is 2.31. The van der Waals surface area contributed by atoms with Crippen LogP contribution in [0.4, 0.5) is 13.2 Å². The van der Waals surface area contributed by atoms with Crippen LogP contribution in [0.15, 0.2) is 24.3 Å². The quantitative estimate of drug-likeness (QED) is 0.832. The maximum atomic E-state index is 12.5. The van der Waals surface area contributed by atoms with Crippen molar-refractivity contribution in [3.05, 3.63) is 35.4 Å². The van der Waals surface area contributed by atoms with Crippen molar-refractivity contribution in [2.45, 2.75) is 12.1 Å². The Bertz CT molecular complexity index is 477. The van der Waals surface area contributed by atoms with Crippen molar-refractivity contribution in [3.8, 4) is 6.07 Å². The predicted octanol–water partition coefficient (Wildman–Crippen LogP) is 2.53. The summed E-state index contributed by atoms with van der Waals surface area (Å²) in [5.41, 5.74) is -0.861. The zero-order valence-corrected chi connectivity index (χ0v) is 9.49. The van der Waals surface area contributed by atoms with E-state index in [-0.39, 0.29) is 12.2 Å². The number of ether oxygens (including phenoxy) is 1. The molecule has 0 bridgehead atoms. The highest BCUT2D eigenvalue weighted by atomic mass is 19.4. The van der Waals surface area contributed by atoms with E-state index in [1.807, 2.05) is 0 Å². The summed E-state index contributed by atoms with van der Waals surface area (Å²) in [7, 11) is 1.28. The molecule has 0 aliphatic heterocycles. The van der Waals surface area contributed by atoms with Crippen molar-refractivity contribution in [1.82, 2.24) is 0 Å². The standard InChI is InChI=1S/C12H10F3NO2/c1-18-7-11(17)10(6-16)8-3-2-4-9(5-8)12(13,14)15/h2-5,10H,7H2,1H3. The minimum Gasteiger partial charge on any atom is -0.377 e. The molecule has 3 nitrogen and oxygen atoms in total. The molecular formula is C12H10F3NO2. The van der Waals surface area contributed by atoms with E-state index in [1.54, 1.807) is 6.07 Å². The average molecular weight is 257 g/mol. The maximum Gasteiger partial charge on any atom is 0.416 e. The third kappa shape index (κ3) is 3.31. The highest BCUT2D eigenvalue weighted by Gasteiger charge is 2.31. The fourth-order valence-electron chi connectivity index (χ4n) is 1.45. The van der Waals surface area contributed by atoms with Crippen molar-refractivity contribution in [1.29, 1.82) is 5.26 Å². The van der Waals surface area contributed by atoms with E-state index in [0.717, 1.165) is 12.1 Å². The molecule has 0 spiro atoms. The molecule has 1 unspecified atom stereocenters. The first kappa shape index (κ1) is 14.2. The van der Waals surface area contributed by atoms with Gasteiger partial charge in [-0.05, 0) is 11.6 Å². The molecule has 0 radical (unpaired) electrons. The molecule has 1 atom stereocenters. The monoisotopic (exact) mass is 257 g/mol. The van der Waals surface area contributed by atoms with E-state index in [1.165, 1.54) is 19.2 Å². The number of alkyl halides is 3. The zero-order valence-electron chi connectivity index (χ0n) is 9.49. The van der Waals surface area contributed by atoms with Crippen molar-refractivity contribution in [3.63, 3.8) is 0 Å². The van der Waals surface area contributed by atoms with E-state index in [4.69, 9.17) is 5.26 Å². The lowest BCUT2D eigenvalue weighted by Gasteiger charge is -2.11. The van der Waals surface area contributed by atoms with Gasteiger partial charge in [-0.15, -0.1) is 0 Å². The van der Waals surface area contributed by atoms with Crippen LogP contribution in [0.2, 0.25) is 0 Å². The smallest absolute Gasteiger partial charge is 0.377 e. The van der Waals surface area contributed by atoms with Crippen LogP contribution in [0.25, 0.3) is 0 Å². The lowest BCUT2D eigenvalue weighted by atomic mass is 9.95. The number of nitriles is 1. The minimum absolute atomic E-state index is 0.0226. The molecule has 0 N–H and O–H groups in total. The third-order valence-electron chi connectivity index (χ3n) is 2.28. The van der Waals surface area contributed by atoms with Crippen LogP contribution < -0.4 is 0 Å². The SMILES string of the molecule is COCC(=O)C(C#N)c1cccc(C(F)(F)F)c1. The Kier molecular flexibility index (Phi) is 4.45. The number of rotatable bonds is 4. The Hall–Kier alpha value is -1.87. The number of benzene rings is 1. The van der Waals surface area contributed by atoms with Crippen molar-refractivity contribution in [2.24, 2.45) is 0 Å². The molecule has 0 aliphatic rings. The molecule has 0 heterocycles. The number of Topliss-reactive ketones (excluding diaryl/α,β-unsaturated/α-hetero) is 1. The second-order valence-electron chi connectivity index (χ2n) is 3.58. The van der Waals surface area contributed by atoms with Gasteiger partial charge in [-0.25, -0.2) is 0 Å². The Balaban J connectivity index is 3.09. The number of nitrogens with zero attached hydrogens (tertiary/aromatic N) is 1. The highest BCUT2D eigenvalue weighted by molar-refractivity contribution is 5.89. The first-order chi connectivity index (χ1) is 8.40. The molecule has 1 aromatic rings. The first-order valence-corrected chi connectivity index (χ1v) is 4.98. The van der Waals surface area contributed by atoms with Gasteiger partial charge in [-0.2, -0.15) is 18.4 Å². The Morgan fingerprint density at radius 2 is 2.17 bits per heavy atom. The summed E-state index contributed by atoms with van der Waals surface area (Å²) in [5, 5.41) is 8.86. The molecular weight excluding hydrogens is 247 g/mol. The number of hydrogen-bond acceptors (Lipinski definition) is 3. The van der Waals surface area contributed by atoms with Gasteiger partial charge in [0.1, 0.15) is 12.5 Å². The zero-order chi connectivity index (χ0) is 13.8. The summed E-state index contributed by atoms with van der Waals surface area (Å²) in [6.45, 7) is -0.311. The molecule has 96 valence electrons. The van der Waals surface area contributed by atoms with E-state index in [9.17, 15) is 18.0 Å². The van der Waals surface area contributed by atoms with E-state index in [0.29, 0.717) is 0 Å². The second kappa shape index (κ2) is 5.65. The molecule has 6 heteroatoms. The molecule has 0 fully saturated rings. The molecule has 0 saturated carbocycles. The van der Waals surface area contributed by atoms with Crippen LogP contribution in [-0.2, 0) is 15.7 Å². The van der Waals surface area contributed by atoms with Gasteiger partial charge < -0.3 is 4.74 Å². The molecule has 1 rings (SSSR count). The first-order valence-electron chi connectivity index (χ1n) is 4.98. The fraction of sp³-hybridized carbons (Fsp3) is 0.333.